The van der Waals surface area contributed by atoms with Gasteiger partial charge in [-0.2, -0.15) is 0 Å². The van der Waals surface area contributed by atoms with Crippen LogP contribution in [0.15, 0.2) is 36.4 Å². The topological polar surface area (TPSA) is 44.4 Å². The second kappa shape index (κ2) is 8.37. The van der Waals surface area contributed by atoms with Crippen molar-refractivity contribution in [2.45, 2.75) is 26.8 Å². The number of aryl methyl sites for hydroxylation is 3. The Morgan fingerprint density at radius 1 is 1.12 bits per heavy atom. The van der Waals surface area contributed by atoms with Gasteiger partial charge in [0.1, 0.15) is 0 Å². The average Bonchev–Trinajstić information content (AvgIpc) is 2.52. The van der Waals surface area contributed by atoms with E-state index >= 15 is 0 Å². The first kappa shape index (κ1) is 19.3. The van der Waals surface area contributed by atoms with Crippen LogP contribution in [0.25, 0.3) is 0 Å². The third kappa shape index (κ3) is 4.97. The average molecular weight is 360 g/mol. The molecule has 0 saturated carbocycles. The Kier molecular flexibility index (Phi) is 6.45. The molecule has 25 heavy (non-hydrogen) atoms. The number of anilines is 1. The maximum Gasteiger partial charge on any atom is 0.319 e. The van der Waals surface area contributed by atoms with Crippen molar-refractivity contribution < 1.29 is 4.79 Å². The second-order valence-electron chi connectivity index (χ2n) is 6.61. The number of nitrogens with one attached hydrogen (secondary N) is 2. The summed E-state index contributed by atoms with van der Waals surface area (Å²) in [6.45, 7) is 6.52. The minimum absolute atomic E-state index is 0.000313. The third-order valence-electron chi connectivity index (χ3n) is 4.26. The lowest BCUT2D eigenvalue weighted by Gasteiger charge is -2.26. The van der Waals surface area contributed by atoms with E-state index in [-0.39, 0.29) is 12.1 Å². The van der Waals surface area contributed by atoms with Gasteiger partial charge in [0.15, 0.2) is 0 Å². The predicted molar refractivity (Wildman–Crippen MR) is 106 cm³/mol. The van der Waals surface area contributed by atoms with Crippen LogP contribution in [0.4, 0.5) is 10.5 Å². The molecule has 5 heteroatoms. The maximum atomic E-state index is 12.4. The number of amides is 2. The summed E-state index contributed by atoms with van der Waals surface area (Å²) in [5, 5.41) is 6.62. The van der Waals surface area contributed by atoms with Crippen molar-refractivity contribution in [3.63, 3.8) is 0 Å². The summed E-state index contributed by atoms with van der Waals surface area (Å²) in [5.74, 6) is 0. The molecular formula is C20H26ClN3O. The Bertz CT molecular complexity index is 735. The van der Waals surface area contributed by atoms with Crippen LogP contribution in [0.3, 0.4) is 0 Å². The van der Waals surface area contributed by atoms with E-state index in [0.717, 1.165) is 22.4 Å². The van der Waals surface area contributed by atoms with Gasteiger partial charge < -0.3 is 15.5 Å². The molecule has 4 nitrogen and oxygen atoms in total. The van der Waals surface area contributed by atoms with Crippen molar-refractivity contribution in [1.82, 2.24) is 10.2 Å². The number of rotatable bonds is 5. The molecule has 0 bridgehead atoms. The fourth-order valence-electron chi connectivity index (χ4n) is 3.04. The van der Waals surface area contributed by atoms with Crippen molar-refractivity contribution in [3.8, 4) is 0 Å². The van der Waals surface area contributed by atoms with Crippen LogP contribution in [0.2, 0.25) is 5.02 Å². The lowest BCUT2D eigenvalue weighted by atomic mass is 10.1. The van der Waals surface area contributed by atoms with E-state index in [9.17, 15) is 4.79 Å². The SMILES string of the molecule is Cc1cc(C)c(NC(=O)NCC(c2ccccc2Cl)N(C)C)c(C)c1. The fourth-order valence-corrected chi connectivity index (χ4v) is 3.30. The van der Waals surface area contributed by atoms with Gasteiger partial charge in [-0.05, 0) is 57.6 Å². The molecule has 2 amide bonds. The molecule has 0 aromatic heterocycles. The smallest absolute Gasteiger partial charge is 0.319 e. The van der Waals surface area contributed by atoms with Crippen molar-refractivity contribution in [2.75, 3.05) is 26.0 Å². The van der Waals surface area contributed by atoms with E-state index in [0.29, 0.717) is 11.6 Å². The largest absolute Gasteiger partial charge is 0.336 e. The van der Waals surface area contributed by atoms with Crippen LogP contribution in [0.5, 0.6) is 0 Å². The highest BCUT2D eigenvalue weighted by Gasteiger charge is 2.18. The first-order chi connectivity index (χ1) is 11.8. The number of carbonyl (C=O) groups excluding carboxylic acids is 1. The fraction of sp³-hybridized carbons (Fsp3) is 0.350. The molecule has 1 atom stereocenters. The summed E-state index contributed by atoms with van der Waals surface area (Å²) in [4.78, 5) is 14.4. The van der Waals surface area contributed by atoms with E-state index in [1.165, 1.54) is 5.56 Å². The highest BCUT2D eigenvalue weighted by atomic mass is 35.5. The van der Waals surface area contributed by atoms with Gasteiger partial charge in [0, 0.05) is 17.3 Å². The normalized spacial score (nSPS) is 12.1. The molecule has 0 aliphatic rings. The number of halogens is 1. The predicted octanol–water partition coefficient (Wildman–Crippen LogP) is 4.69. The lowest BCUT2D eigenvalue weighted by molar-refractivity contribution is 0.243. The zero-order valence-electron chi connectivity index (χ0n) is 15.5. The van der Waals surface area contributed by atoms with Crippen LogP contribution in [-0.2, 0) is 0 Å². The van der Waals surface area contributed by atoms with E-state index in [1.54, 1.807) is 0 Å². The summed E-state index contributed by atoms with van der Waals surface area (Å²) < 4.78 is 0. The van der Waals surface area contributed by atoms with Crippen LogP contribution < -0.4 is 10.6 Å². The first-order valence-corrected chi connectivity index (χ1v) is 8.71. The second-order valence-corrected chi connectivity index (χ2v) is 7.02. The van der Waals surface area contributed by atoms with Gasteiger partial charge in [-0.25, -0.2) is 4.79 Å². The number of nitrogens with zero attached hydrogens (tertiary/aromatic N) is 1. The molecule has 0 spiro atoms. The summed E-state index contributed by atoms with van der Waals surface area (Å²) in [6.07, 6.45) is 0. The van der Waals surface area contributed by atoms with Crippen molar-refractivity contribution >= 4 is 23.3 Å². The summed E-state index contributed by atoms with van der Waals surface area (Å²) in [5.41, 5.74) is 5.16. The van der Waals surface area contributed by atoms with Crippen LogP contribution in [0, 0.1) is 20.8 Å². The molecule has 0 fully saturated rings. The Morgan fingerprint density at radius 3 is 2.28 bits per heavy atom. The molecule has 2 aromatic carbocycles. The number of hydrogen-bond acceptors (Lipinski definition) is 2. The van der Waals surface area contributed by atoms with Crippen LogP contribution in [-0.4, -0.2) is 31.6 Å². The zero-order chi connectivity index (χ0) is 18.6. The molecule has 134 valence electrons. The molecule has 2 aromatic rings. The summed E-state index contributed by atoms with van der Waals surface area (Å²) in [7, 11) is 3.95. The van der Waals surface area contributed by atoms with Gasteiger partial charge in [0.25, 0.3) is 0 Å². The molecule has 0 aliphatic carbocycles. The van der Waals surface area contributed by atoms with E-state index in [4.69, 9.17) is 11.6 Å². The maximum absolute atomic E-state index is 12.4. The molecule has 2 N–H and O–H groups in total. The minimum atomic E-state index is -0.214. The van der Waals surface area contributed by atoms with Gasteiger partial charge in [0.05, 0.1) is 6.04 Å². The Balaban J connectivity index is 2.07. The molecule has 0 radical (unpaired) electrons. The van der Waals surface area contributed by atoms with Crippen molar-refractivity contribution in [3.05, 3.63) is 63.7 Å². The van der Waals surface area contributed by atoms with E-state index in [2.05, 4.69) is 29.7 Å². The van der Waals surface area contributed by atoms with Crippen molar-refractivity contribution in [2.24, 2.45) is 0 Å². The Morgan fingerprint density at radius 2 is 1.72 bits per heavy atom. The first-order valence-electron chi connectivity index (χ1n) is 8.33. The van der Waals surface area contributed by atoms with Crippen LogP contribution >= 0.6 is 11.6 Å². The zero-order valence-corrected chi connectivity index (χ0v) is 16.2. The molecule has 1 unspecified atom stereocenters. The monoisotopic (exact) mass is 359 g/mol. The molecular weight excluding hydrogens is 334 g/mol. The number of carbonyl (C=O) groups is 1. The standard InChI is InChI=1S/C20H26ClN3O/c1-13-10-14(2)19(15(3)11-13)23-20(25)22-12-18(24(4)5)16-8-6-7-9-17(16)21/h6-11,18H,12H2,1-5H3,(H2,22,23,25). The highest BCUT2D eigenvalue weighted by molar-refractivity contribution is 6.31. The number of urea groups is 1. The molecule has 0 aliphatic heterocycles. The molecule has 2 rings (SSSR count). The van der Waals surface area contributed by atoms with Gasteiger partial charge in [-0.3, -0.25) is 0 Å². The van der Waals surface area contributed by atoms with E-state index in [1.807, 2.05) is 57.1 Å². The van der Waals surface area contributed by atoms with Gasteiger partial charge in [0.2, 0.25) is 0 Å². The summed E-state index contributed by atoms with van der Waals surface area (Å²) >= 11 is 6.31. The highest BCUT2D eigenvalue weighted by Crippen LogP contribution is 2.26. The Hall–Kier alpha value is -2.04. The molecule has 0 heterocycles. The third-order valence-corrected chi connectivity index (χ3v) is 4.60. The Labute approximate surface area is 155 Å². The van der Waals surface area contributed by atoms with Gasteiger partial charge >= 0.3 is 6.03 Å². The molecule has 0 saturated heterocycles. The number of hydrogen-bond donors (Lipinski definition) is 2. The van der Waals surface area contributed by atoms with Crippen LogP contribution in [0.1, 0.15) is 28.3 Å². The minimum Gasteiger partial charge on any atom is -0.336 e. The van der Waals surface area contributed by atoms with Gasteiger partial charge in [-0.15, -0.1) is 0 Å². The number of benzene rings is 2. The lowest BCUT2D eigenvalue weighted by Crippen LogP contribution is -2.37. The van der Waals surface area contributed by atoms with Crippen molar-refractivity contribution in [1.29, 1.82) is 0 Å². The van der Waals surface area contributed by atoms with Gasteiger partial charge in [-0.1, -0.05) is 47.5 Å². The summed E-state index contributed by atoms with van der Waals surface area (Å²) in [6, 6.07) is 11.6. The number of likely N-dealkylation sites (N-methyl/N-ethyl adjacent to an activating group) is 1. The quantitative estimate of drug-likeness (QED) is 0.813. The van der Waals surface area contributed by atoms with E-state index < -0.39 is 0 Å².